The van der Waals surface area contributed by atoms with E-state index in [1.54, 1.807) is 4.90 Å². The Morgan fingerprint density at radius 2 is 1.88 bits per heavy atom. The van der Waals surface area contributed by atoms with Crippen LogP contribution in [0.5, 0.6) is 0 Å². The highest BCUT2D eigenvalue weighted by molar-refractivity contribution is 5.79. The Bertz CT molecular complexity index is 376. The van der Waals surface area contributed by atoms with Crippen LogP contribution in [0.2, 0.25) is 0 Å². The molecule has 0 saturated carbocycles. The molecule has 0 aliphatic heterocycles. The number of hydrogen-bond donors (Lipinski definition) is 1. The summed E-state index contributed by atoms with van der Waals surface area (Å²) in [6.07, 6.45) is 0.322. The van der Waals surface area contributed by atoms with E-state index in [-0.39, 0.29) is 18.9 Å². The standard InChI is InChI=1S/C13H17NO3/c1-2-14(9-8-13(16)17)12(15)10-11-6-4-3-5-7-11/h3-7H,2,8-10H2,1H3,(H,16,17). The van der Waals surface area contributed by atoms with Crippen molar-refractivity contribution >= 4 is 11.9 Å². The number of nitrogens with zero attached hydrogens (tertiary/aromatic N) is 1. The number of hydrogen-bond acceptors (Lipinski definition) is 2. The van der Waals surface area contributed by atoms with E-state index in [0.29, 0.717) is 13.0 Å². The zero-order chi connectivity index (χ0) is 12.7. The summed E-state index contributed by atoms with van der Waals surface area (Å²) < 4.78 is 0. The molecule has 0 spiro atoms. The van der Waals surface area contributed by atoms with Crippen molar-refractivity contribution in [2.75, 3.05) is 13.1 Å². The molecule has 0 radical (unpaired) electrons. The maximum Gasteiger partial charge on any atom is 0.305 e. The molecule has 0 saturated heterocycles. The highest BCUT2D eigenvalue weighted by Gasteiger charge is 2.13. The average molecular weight is 235 g/mol. The number of benzene rings is 1. The van der Waals surface area contributed by atoms with Gasteiger partial charge in [-0.3, -0.25) is 9.59 Å². The van der Waals surface area contributed by atoms with Gasteiger partial charge in [-0.15, -0.1) is 0 Å². The predicted molar refractivity (Wildman–Crippen MR) is 64.7 cm³/mol. The second-order valence-electron chi connectivity index (χ2n) is 3.78. The zero-order valence-corrected chi connectivity index (χ0v) is 9.93. The average Bonchev–Trinajstić information content (AvgIpc) is 2.30. The Kier molecular flexibility index (Phi) is 5.20. The molecular formula is C13H17NO3. The molecule has 1 aromatic carbocycles. The SMILES string of the molecule is CCN(CCC(=O)O)C(=O)Cc1ccccc1. The smallest absolute Gasteiger partial charge is 0.305 e. The number of carbonyl (C=O) groups excluding carboxylic acids is 1. The summed E-state index contributed by atoms with van der Waals surface area (Å²) in [6.45, 7) is 2.67. The molecule has 0 atom stereocenters. The van der Waals surface area contributed by atoms with Crippen molar-refractivity contribution in [3.05, 3.63) is 35.9 Å². The highest BCUT2D eigenvalue weighted by Crippen LogP contribution is 2.03. The van der Waals surface area contributed by atoms with E-state index in [4.69, 9.17) is 5.11 Å². The first-order chi connectivity index (χ1) is 8.13. The van der Waals surface area contributed by atoms with Crippen molar-refractivity contribution in [1.82, 2.24) is 4.90 Å². The fourth-order valence-corrected chi connectivity index (χ4v) is 1.57. The molecule has 1 amide bonds. The number of aliphatic carboxylic acids is 1. The molecule has 0 aromatic heterocycles. The number of carboxylic acids is 1. The van der Waals surface area contributed by atoms with Crippen LogP contribution < -0.4 is 0 Å². The highest BCUT2D eigenvalue weighted by atomic mass is 16.4. The van der Waals surface area contributed by atoms with Crippen molar-refractivity contribution in [2.24, 2.45) is 0 Å². The Morgan fingerprint density at radius 1 is 1.24 bits per heavy atom. The van der Waals surface area contributed by atoms with Gasteiger partial charge in [-0.1, -0.05) is 30.3 Å². The van der Waals surface area contributed by atoms with Crippen LogP contribution in [-0.4, -0.2) is 35.0 Å². The topological polar surface area (TPSA) is 57.6 Å². The lowest BCUT2D eigenvalue weighted by molar-refractivity contribution is -0.138. The molecule has 1 aromatic rings. The summed E-state index contributed by atoms with van der Waals surface area (Å²) in [6, 6.07) is 9.45. The van der Waals surface area contributed by atoms with Crippen molar-refractivity contribution in [3.63, 3.8) is 0 Å². The predicted octanol–water partition coefficient (Wildman–Crippen LogP) is 1.55. The third kappa shape index (κ3) is 4.68. The van der Waals surface area contributed by atoms with Gasteiger partial charge in [0.25, 0.3) is 0 Å². The van der Waals surface area contributed by atoms with E-state index >= 15 is 0 Å². The van der Waals surface area contributed by atoms with Gasteiger partial charge >= 0.3 is 5.97 Å². The largest absolute Gasteiger partial charge is 0.481 e. The van der Waals surface area contributed by atoms with E-state index < -0.39 is 5.97 Å². The first kappa shape index (κ1) is 13.2. The second kappa shape index (κ2) is 6.68. The van der Waals surface area contributed by atoms with E-state index in [1.165, 1.54) is 0 Å². The van der Waals surface area contributed by atoms with Crippen LogP contribution in [0.4, 0.5) is 0 Å². The lowest BCUT2D eigenvalue weighted by Gasteiger charge is -2.19. The number of carboxylic acid groups (broad SMARTS) is 1. The molecule has 1 N–H and O–H groups in total. The summed E-state index contributed by atoms with van der Waals surface area (Å²) in [5.41, 5.74) is 0.950. The van der Waals surface area contributed by atoms with Gasteiger partial charge in [0.05, 0.1) is 12.8 Å². The van der Waals surface area contributed by atoms with Gasteiger partial charge in [0.1, 0.15) is 0 Å². The fourth-order valence-electron chi connectivity index (χ4n) is 1.57. The summed E-state index contributed by atoms with van der Waals surface area (Å²) in [5.74, 6) is -0.907. The summed E-state index contributed by atoms with van der Waals surface area (Å²) in [5, 5.41) is 8.59. The maximum atomic E-state index is 11.9. The normalized spacial score (nSPS) is 9.94. The molecule has 0 fully saturated rings. The molecule has 4 nitrogen and oxygen atoms in total. The third-order valence-corrected chi connectivity index (χ3v) is 2.53. The Hall–Kier alpha value is -1.84. The lowest BCUT2D eigenvalue weighted by atomic mass is 10.1. The number of rotatable bonds is 6. The van der Waals surface area contributed by atoms with Gasteiger partial charge in [0.15, 0.2) is 0 Å². The maximum absolute atomic E-state index is 11.9. The third-order valence-electron chi connectivity index (χ3n) is 2.53. The molecule has 1 rings (SSSR count). The summed E-state index contributed by atoms with van der Waals surface area (Å²) in [7, 11) is 0. The van der Waals surface area contributed by atoms with Crippen molar-refractivity contribution in [2.45, 2.75) is 19.8 Å². The lowest BCUT2D eigenvalue weighted by Crippen LogP contribution is -2.33. The van der Waals surface area contributed by atoms with Gasteiger partial charge in [-0.2, -0.15) is 0 Å². The van der Waals surface area contributed by atoms with Crippen LogP contribution >= 0.6 is 0 Å². The van der Waals surface area contributed by atoms with Crippen LogP contribution in [0.25, 0.3) is 0 Å². The molecule has 0 aliphatic rings. The zero-order valence-electron chi connectivity index (χ0n) is 9.93. The fraction of sp³-hybridized carbons (Fsp3) is 0.385. The molecule has 17 heavy (non-hydrogen) atoms. The van der Waals surface area contributed by atoms with Gasteiger partial charge < -0.3 is 10.0 Å². The van der Waals surface area contributed by atoms with Crippen LogP contribution in [0.15, 0.2) is 30.3 Å². The van der Waals surface area contributed by atoms with Crippen molar-refractivity contribution in [3.8, 4) is 0 Å². The monoisotopic (exact) mass is 235 g/mol. The van der Waals surface area contributed by atoms with Crippen LogP contribution in [0.1, 0.15) is 18.9 Å². The van der Waals surface area contributed by atoms with E-state index in [2.05, 4.69) is 0 Å². The van der Waals surface area contributed by atoms with Crippen LogP contribution in [-0.2, 0) is 16.0 Å². The Morgan fingerprint density at radius 3 is 2.41 bits per heavy atom. The minimum Gasteiger partial charge on any atom is -0.481 e. The van der Waals surface area contributed by atoms with E-state index in [0.717, 1.165) is 5.56 Å². The summed E-state index contributed by atoms with van der Waals surface area (Å²) >= 11 is 0. The van der Waals surface area contributed by atoms with Crippen molar-refractivity contribution < 1.29 is 14.7 Å². The molecule has 92 valence electrons. The Balaban J connectivity index is 2.52. The minimum absolute atomic E-state index is 0.00559. The van der Waals surface area contributed by atoms with Gasteiger partial charge in [-0.25, -0.2) is 0 Å². The summed E-state index contributed by atoms with van der Waals surface area (Å²) in [4.78, 5) is 23.9. The van der Waals surface area contributed by atoms with Gasteiger partial charge in [0, 0.05) is 13.1 Å². The Labute approximate surface area is 101 Å². The van der Waals surface area contributed by atoms with Gasteiger partial charge in [0.2, 0.25) is 5.91 Å². The number of likely N-dealkylation sites (N-methyl/N-ethyl adjacent to an activating group) is 1. The number of carbonyl (C=O) groups is 2. The van der Waals surface area contributed by atoms with E-state index in [1.807, 2.05) is 37.3 Å². The van der Waals surface area contributed by atoms with Crippen molar-refractivity contribution in [1.29, 1.82) is 0 Å². The molecule has 0 unspecified atom stereocenters. The van der Waals surface area contributed by atoms with E-state index in [9.17, 15) is 9.59 Å². The molecular weight excluding hydrogens is 218 g/mol. The van der Waals surface area contributed by atoms with Crippen LogP contribution in [0, 0.1) is 0 Å². The minimum atomic E-state index is -0.879. The molecule has 0 heterocycles. The first-order valence-corrected chi connectivity index (χ1v) is 5.67. The second-order valence-corrected chi connectivity index (χ2v) is 3.78. The van der Waals surface area contributed by atoms with Gasteiger partial charge in [-0.05, 0) is 12.5 Å². The quantitative estimate of drug-likeness (QED) is 0.814. The first-order valence-electron chi connectivity index (χ1n) is 5.67. The molecule has 0 aliphatic carbocycles. The van der Waals surface area contributed by atoms with Crippen LogP contribution in [0.3, 0.4) is 0 Å². The molecule has 4 heteroatoms. The number of amides is 1. The molecule has 0 bridgehead atoms.